The van der Waals surface area contributed by atoms with E-state index in [1.165, 1.54) is 10.9 Å². The Morgan fingerprint density at radius 2 is 1.75 bits per heavy atom. The molecule has 0 saturated carbocycles. The Labute approximate surface area is 141 Å². The van der Waals surface area contributed by atoms with Crippen LogP contribution in [0.2, 0.25) is 0 Å². The third-order valence-corrected chi connectivity index (χ3v) is 4.49. The first-order chi connectivity index (χ1) is 11.8. The third-order valence-electron chi connectivity index (χ3n) is 4.49. The molecule has 1 amide bonds. The summed E-state index contributed by atoms with van der Waals surface area (Å²) in [5.41, 5.74) is 2.26. The van der Waals surface area contributed by atoms with Crippen molar-refractivity contribution < 1.29 is 9.53 Å². The molecule has 1 heterocycles. The van der Waals surface area contributed by atoms with E-state index in [9.17, 15) is 4.79 Å². The van der Waals surface area contributed by atoms with E-state index >= 15 is 0 Å². The number of benzene rings is 3. The summed E-state index contributed by atoms with van der Waals surface area (Å²) in [5.74, 6) is 0.739. The minimum absolute atomic E-state index is 0.00955. The van der Waals surface area contributed by atoms with E-state index < -0.39 is 0 Å². The Bertz CT molecular complexity index is 888. The molecular formula is C21H19NO2. The van der Waals surface area contributed by atoms with Crippen molar-refractivity contribution in [2.75, 3.05) is 18.1 Å². The van der Waals surface area contributed by atoms with Crippen molar-refractivity contribution in [2.45, 2.75) is 12.8 Å². The van der Waals surface area contributed by atoms with Gasteiger partial charge in [-0.3, -0.25) is 4.79 Å². The van der Waals surface area contributed by atoms with Gasteiger partial charge in [0.25, 0.3) is 5.91 Å². The zero-order valence-corrected chi connectivity index (χ0v) is 13.4. The zero-order valence-electron chi connectivity index (χ0n) is 13.4. The molecule has 120 valence electrons. The molecule has 0 aromatic heterocycles. The van der Waals surface area contributed by atoms with Gasteiger partial charge >= 0.3 is 0 Å². The molecule has 3 heteroatoms. The first kappa shape index (κ1) is 14.8. The number of fused-ring (bicyclic) bond motifs is 2. The summed E-state index contributed by atoms with van der Waals surface area (Å²) in [6, 6.07) is 22.2. The molecule has 0 atom stereocenters. The maximum Gasteiger partial charge on any atom is 0.264 e. The Hall–Kier alpha value is -2.81. The third kappa shape index (κ3) is 2.85. The lowest BCUT2D eigenvalue weighted by Crippen LogP contribution is -2.38. The highest BCUT2D eigenvalue weighted by atomic mass is 16.5. The molecular weight excluding hydrogens is 298 g/mol. The molecule has 1 aliphatic rings. The summed E-state index contributed by atoms with van der Waals surface area (Å²) >= 11 is 0. The van der Waals surface area contributed by atoms with Crippen LogP contribution in [0.4, 0.5) is 5.69 Å². The lowest BCUT2D eigenvalue weighted by molar-refractivity contribution is -0.120. The summed E-state index contributed by atoms with van der Waals surface area (Å²) in [7, 11) is 0. The van der Waals surface area contributed by atoms with Crippen molar-refractivity contribution in [1.29, 1.82) is 0 Å². The van der Waals surface area contributed by atoms with Crippen LogP contribution < -0.4 is 9.64 Å². The van der Waals surface area contributed by atoms with Gasteiger partial charge in [-0.15, -0.1) is 0 Å². The van der Waals surface area contributed by atoms with Gasteiger partial charge in [0.1, 0.15) is 5.75 Å². The number of rotatable bonds is 3. The highest BCUT2D eigenvalue weighted by Gasteiger charge is 2.22. The van der Waals surface area contributed by atoms with Crippen molar-refractivity contribution >= 4 is 22.4 Å². The Morgan fingerprint density at radius 3 is 2.67 bits per heavy atom. The topological polar surface area (TPSA) is 29.5 Å². The molecule has 0 N–H and O–H groups in total. The zero-order chi connectivity index (χ0) is 16.4. The van der Waals surface area contributed by atoms with E-state index in [0.717, 1.165) is 36.2 Å². The summed E-state index contributed by atoms with van der Waals surface area (Å²) in [6.45, 7) is 0.823. The maximum atomic E-state index is 12.6. The fourth-order valence-corrected chi connectivity index (χ4v) is 3.27. The van der Waals surface area contributed by atoms with Crippen molar-refractivity contribution in [3.8, 4) is 5.75 Å². The van der Waals surface area contributed by atoms with Gasteiger partial charge in [0, 0.05) is 12.2 Å². The number of nitrogens with zero attached hydrogens (tertiary/aromatic N) is 1. The standard InChI is InChI=1S/C21H19NO2/c23-21(22-13-5-9-17-7-3-4-10-20(17)22)15-24-19-12-11-16-6-1-2-8-18(16)14-19/h1-4,6-8,10-12,14H,5,9,13,15H2. The van der Waals surface area contributed by atoms with Crippen LogP contribution in [0.1, 0.15) is 12.0 Å². The highest BCUT2D eigenvalue weighted by Crippen LogP contribution is 2.27. The SMILES string of the molecule is O=C(COc1ccc2ccccc2c1)N1CCCc2ccccc21. The first-order valence-electron chi connectivity index (χ1n) is 8.31. The monoisotopic (exact) mass is 317 g/mol. The minimum atomic E-state index is 0.00955. The fourth-order valence-electron chi connectivity index (χ4n) is 3.27. The quantitative estimate of drug-likeness (QED) is 0.724. The Balaban J connectivity index is 1.48. The predicted molar refractivity (Wildman–Crippen MR) is 96.6 cm³/mol. The lowest BCUT2D eigenvalue weighted by atomic mass is 10.0. The van der Waals surface area contributed by atoms with Crippen molar-refractivity contribution in [3.63, 3.8) is 0 Å². The molecule has 0 saturated heterocycles. The van der Waals surface area contributed by atoms with E-state index in [2.05, 4.69) is 12.1 Å². The van der Waals surface area contributed by atoms with E-state index in [1.807, 2.05) is 59.5 Å². The number of anilines is 1. The molecule has 0 spiro atoms. The van der Waals surface area contributed by atoms with E-state index in [0.29, 0.717) is 0 Å². The molecule has 0 aliphatic carbocycles. The van der Waals surface area contributed by atoms with Crippen LogP contribution in [0.3, 0.4) is 0 Å². The lowest BCUT2D eigenvalue weighted by Gasteiger charge is -2.29. The van der Waals surface area contributed by atoms with Crippen LogP contribution in [0, 0.1) is 0 Å². The number of para-hydroxylation sites is 1. The van der Waals surface area contributed by atoms with Gasteiger partial charge in [-0.05, 0) is 47.4 Å². The van der Waals surface area contributed by atoms with Gasteiger partial charge in [-0.2, -0.15) is 0 Å². The Kier molecular flexibility index (Phi) is 3.91. The molecule has 24 heavy (non-hydrogen) atoms. The van der Waals surface area contributed by atoms with Crippen LogP contribution in [0.15, 0.2) is 66.7 Å². The van der Waals surface area contributed by atoms with Crippen molar-refractivity contribution in [1.82, 2.24) is 0 Å². The van der Waals surface area contributed by atoms with Gasteiger partial charge < -0.3 is 9.64 Å². The molecule has 3 aromatic carbocycles. The van der Waals surface area contributed by atoms with Crippen LogP contribution in [0.5, 0.6) is 5.75 Å². The molecule has 0 unspecified atom stereocenters. The van der Waals surface area contributed by atoms with Crippen molar-refractivity contribution in [3.05, 3.63) is 72.3 Å². The number of hydrogen-bond acceptors (Lipinski definition) is 2. The molecule has 0 radical (unpaired) electrons. The van der Waals surface area contributed by atoms with Crippen LogP contribution >= 0.6 is 0 Å². The summed E-state index contributed by atoms with van der Waals surface area (Å²) in [6.07, 6.45) is 2.03. The predicted octanol–water partition coefficient (Wildman–Crippen LogP) is 4.20. The number of ether oxygens (including phenoxy) is 1. The van der Waals surface area contributed by atoms with Crippen molar-refractivity contribution in [2.24, 2.45) is 0 Å². The van der Waals surface area contributed by atoms with Gasteiger partial charge in [0.15, 0.2) is 6.61 Å². The average molecular weight is 317 g/mol. The Morgan fingerprint density at radius 1 is 0.958 bits per heavy atom. The molecule has 3 aromatic rings. The normalized spacial score (nSPS) is 13.6. The van der Waals surface area contributed by atoms with Gasteiger partial charge in [-0.25, -0.2) is 0 Å². The van der Waals surface area contributed by atoms with Gasteiger partial charge in [0.2, 0.25) is 0 Å². The average Bonchev–Trinajstić information content (AvgIpc) is 2.65. The van der Waals surface area contributed by atoms with Gasteiger partial charge in [-0.1, -0.05) is 48.5 Å². The number of aryl methyl sites for hydroxylation is 1. The first-order valence-corrected chi connectivity index (χ1v) is 8.31. The largest absolute Gasteiger partial charge is 0.484 e. The highest BCUT2D eigenvalue weighted by molar-refractivity contribution is 5.95. The minimum Gasteiger partial charge on any atom is -0.484 e. The summed E-state index contributed by atoms with van der Waals surface area (Å²) < 4.78 is 5.75. The second kappa shape index (κ2) is 6.36. The molecule has 1 aliphatic heterocycles. The maximum absolute atomic E-state index is 12.6. The summed E-state index contributed by atoms with van der Waals surface area (Å²) in [5, 5.41) is 2.28. The number of hydrogen-bond donors (Lipinski definition) is 0. The molecule has 0 fully saturated rings. The second-order valence-corrected chi connectivity index (χ2v) is 6.08. The van der Waals surface area contributed by atoms with Crippen LogP contribution in [-0.2, 0) is 11.2 Å². The van der Waals surface area contributed by atoms with Crippen LogP contribution in [0.25, 0.3) is 10.8 Å². The number of carbonyl (C=O) groups excluding carboxylic acids is 1. The van der Waals surface area contributed by atoms with E-state index in [4.69, 9.17) is 4.74 Å². The van der Waals surface area contributed by atoms with E-state index in [1.54, 1.807) is 0 Å². The number of amides is 1. The summed E-state index contributed by atoms with van der Waals surface area (Å²) in [4.78, 5) is 14.4. The van der Waals surface area contributed by atoms with E-state index in [-0.39, 0.29) is 12.5 Å². The molecule has 4 rings (SSSR count). The fraction of sp³-hybridized carbons (Fsp3) is 0.190. The molecule has 0 bridgehead atoms. The smallest absolute Gasteiger partial charge is 0.264 e. The van der Waals surface area contributed by atoms with Crippen LogP contribution in [-0.4, -0.2) is 19.1 Å². The number of carbonyl (C=O) groups is 1. The van der Waals surface area contributed by atoms with Gasteiger partial charge in [0.05, 0.1) is 0 Å². The molecule has 3 nitrogen and oxygen atoms in total. The second-order valence-electron chi connectivity index (χ2n) is 6.08.